The van der Waals surface area contributed by atoms with Crippen molar-refractivity contribution in [2.24, 2.45) is 0 Å². The number of methoxy groups -OCH3 is 1. The number of aromatic amines is 1. The molecule has 1 aromatic heterocycles. The molecule has 0 saturated heterocycles. The molecular formula is C19H17BrClN3O2. The van der Waals surface area contributed by atoms with Gasteiger partial charge in [-0.25, -0.2) is 0 Å². The number of halogens is 2. The van der Waals surface area contributed by atoms with Crippen LogP contribution in [0.25, 0.3) is 11.3 Å². The molecule has 3 rings (SSSR count). The van der Waals surface area contributed by atoms with Gasteiger partial charge in [-0.1, -0.05) is 29.8 Å². The summed E-state index contributed by atoms with van der Waals surface area (Å²) in [5, 5.41) is 10.5. The van der Waals surface area contributed by atoms with Crippen LogP contribution in [0.5, 0.6) is 5.75 Å². The van der Waals surface area contributed by atoms with Gasteiger partial charge in [0.1, 0.15) is 5.75 Å². The van der Waals surface area contributed by atoms with Crippen LogP contribution in [0.4, 0.5) is 0 Å². The zero-order valence-corrected chi connectivity index (χ0v) is 16.4. The number of hydrogen-bond acceptors (Lipinski definition) is 3. The normalized spacial score (nSPS) is 10.6. The molecule has 0 aliphatic carbocycles. The minimum Gasteiger partial charge on any atom is -0.496 e. The van der Waals surface area contributed by atoms with Crippen molar-refractivity contribution in [3.63, 3.8) is 0 Å². The minimum absolute atomic E-state index is 0.170. The number of rotatable bonds is 6. The van der Waals surface area contributed by atoms with E-state index in [0.717, 1.165) is 21.3 Å². The van der Waals surface area contributed by atoms with Crippen molar-refractivity contribution < 1.29 is 9.53 Å². The van der Waals surface area contributed by atoms with Gasteiger partial charge in [-0.3, -0.25) is 9.89 Å². The molecule has 0 unspecified atom stereocenters. The van der Waals surface area contributed by atoms with Crippen LogP contribution < -0.4 is 10.1 Å². The molecule has 134 valence electrons. The first-order chi connectivity index (χ1) is 12.6. The number of carbonyl (C=O) groups excluding carboxylic acids is 1. The van der Waals surface area contributed by atoms with Crippen LogP contribution in [0.2, 0.25) is 5.02 Å². The van der Waals surface area contributed by atoms with E-state index in [0.29, 0.717) is 29.2 Å². The van der Waals surface area contributed by atoms with Gasteiger partial charge in [-0.15, -0.1) is 0 Å². The standard InChI is InChI=1S/C19H17BrClN3O2/c1-26-17-7-2-12(10-16(17)20)8-9-22-19(25)15-11-23-24-18(15)13-3-5-14(21)6-4-13/h2-7,10-11H,8-9H2,1H3,(H,22,25)(H,23,24). The number of hydrogen-bond donors (Lipinski definition) is 2. The Morgan fingerprint density at radius 3 is 2.73 bits per heavy atom. The number of carbonyl (C=O) groups is 1. The topological polar surface area (TPSA) is 67.0 Å². The number of aromatic nitrogens is 2. The van der Waals surface area contributed by atoms with Crippen molar-refractivity contribution in [3.05, 3.63) is 69.3 Å². The van der Waals surface area contributed by atoms with Crippen molar-refractivity contribution in [1.29, 1.82) is 0 Å². The molecule has 0 saturated carbocycles. The molecule has 26 heavy (non-hydrogen) atoms. The van der Waals surface area contributed by atoms with E-state index in [9.17, 15) is 4.79 Å². The maximum absolute atomic E-state index is 12.5. The van der Waals surface area contributed by atoms with Gasteiger partial charge in [-0.2, -0.15) is 5.10 Å². The Hall–Kier alpha value is -2.31. The summed E-state index contributed by atoms with van der Waals surface area (Å²) in [6.45, 7) is 0.517. The highest BCUT2D eigenvalue weighted by molar-refractivity contribution is 9.10. The molecule has 0 atom stereocenters. The van der Waals surface area contributed by atoms with E-state index in [-0.39, 0.29) is 5.91 Å². The average molecular weight is 435 g/mol. The maximum atomic E-state index is 12.5. The average Bonchev–Trinajstić information content (AvgIpc) is 3.12. The predicted molar refractivity (Wildman–Crippen MR) is 106 cm³/mol. The van der Waals surface area contributed by atoms with Crippen LogP contribution >= 0.6 is 27.5 Å². The number of ether oxygens (including phenoxy) is 1. The van der Waals surface area contributed by atoms with Crippen LogP contribution in [0.15, 0.2) is 53.1 Å². The smallest absolute Gasteiger partial charge is 0.255 e. The zero-order valence-electron chi connectivity index (χ0n) is 14.1. The highest BCUT2D eigenvalue weighted by Gasteiger charge is 2.15. The van der Waals surface area contributed by atoms with Gasteiger partial charge in [-0.05, 0) is 52.2 Å². The summed E-state index contributed by atoms with van der Waals surface area (Å²) in [7, 11) is 1.63. The summed E-state index contributed by atoms with van der Waals surface area (Å²) in [6, 6.07) is 13.1. The molecule has 1 amide bonds. The molecule has 7 heteroatoms. The van der Waals surface area contributed by atoms with E-state index in [2.05, 4.69) is 31.4 Å². The Kier molecular flexibility index (Phi) is 5.96. The quantitative estimate of drug-likeness (QED) is 0.601. The van der Waals surface area contributed by atoms with Gasteiger partial charge in [0.05, 0.1) is 29.0 Å². The van der Waals surface area contributed by atoms with Gasteiger partial charge >= 0.3 is 0 Å². The van der Waals surface area contributed by atoms with Gasteiger partial charge in [0.15, 0.2) is 0 Å². The highest BCUT2D eigenvalue weighted by Crippen LogP contribution is 2.26. The highest BCUT2D eigenvalue weighted by atomic mass is 79.9. The van der Waals surface area contributed by atoms with Crippen LogP contribution in [0, 0.1) is 0 Å². The summed E-state index contributed by atoms with van der Waals surface area (Å²) in [5.41, 5.74) is 3.13. The molecule has 1 heterocycles. The van der Waals surface area contributed by atoms with Crippen LogP contribution in [-0.4, -0.2) is 29.8 Å². The molecule has 0 aliphatic heterocycles. The predicted octanol–water partition coefficient (Wildman–Crippen LogP) is 4.47. The van der Waals surface area contributed by atoms with E-state index in [1.807, 2.05) is 30.3 Å². The van der Waals surface area contributed by atoms with Crippen LogP contribution in [-0.2, 0) is 6.42 Å². The summed E-state index contributed by atoms with van der Waals surface area (Å²) in [6.07, 6.45) is 2.24. The second-order valence-corrected chi connectivity index (χ2v) is 6.93. The Morgan fingerprint density at radius 1 is 1.27 bits per heavy atom. The van der Waals surface area contributed by atoms with Crippen molar-refractivity contribution >= 4 is 33.4 Å². The first-order valence-electron chi connectivity index (χ1n) is 7.98. The van der Waals surface area contributed by atoms with E-state index in [4.69, 9.17) is 16.3 Å². The summed E-state index contributed by atoms with van der Waals surface area (Å²) < 4.78 is 6.11. The third-order valence-electron chi connectivity index (χ3n) is 3.93. The molecule has 2 aromatic carbocycles. The number of benzene rings is 2. The second-order valence-electron chi connectivity index (χ2n) is 5.64. The van der Waals surface area contributed by atoms with Crippen LogP contribution in [0.1, 0.15) is 15.9 Å². The monoisotopic (exact) mass is 433 g/mol. The Morgan fingerprint density at radius 2 is 2.04 bits per heavy atom. The largest absolute Gasteiger partial charge is 0.496 e. The van der Waals surface area contributed by atoms with Gasteiger partial charge in [0.2, 0.25) is 0 Å². The van der Waals surface area contributed by atoms with Crippen molar-refractivity contribution in [3.8, 4) is 17.0 Å². The molecule has 0 fully saturated rings. The number of amides is 1. The van der Waals surface area contributed by atoms with Gasteiger partial charge < -0.3 is 10.1 Å². The summed E-state index contributed by atoms with van der Waals surface area (Å²) >= 11 is 9.38. The van der Waals surface area contributed by atoms with Crippen molar-refractivity contribution in [2.45, 2.75) is 6.42 Å². The van der Waals surface area contributed by atoms with E-state index in [1.54, 1.807) is 19.2 Å². The fourth-order valence-electron chi connectivity index (χ4n) is 2.58. The van der Waals surface area contributed by atoms with E-state index >= 15 is 0 Å². The van der Waals surface area contributed by atoms with Gasteiger partial charge in [0, 0.05) is 17.1 Å². The number of H-pyrrole nitrogens is 1. The lowest BCUT2D eigenvalue weighted by Gasteiger charge is -2.08. The molecule has 3 aromatic rings. The molecule has 2 N–H and O–H groups in total. The molecule has 5 nitrogen and oxygen atoms in total. The van der Waals surface area contributed by atoms with Crippen molar-refractivity contribution in [1.82, 2.24) is 15.5 Å². The summed E-state index contributed by atoms with van der Waals surface area (Å²) in [4.78, 5) is 12.5. The third-order valence-corrected chi connectivity index (χ3v) is 4.80. The van der Waals surface area contributed by atoms with Gasteiger partial charge in [0.25, 0.3) is 5.91 Å². The zero-order chi connectivity index (χ0) is 18.5. The SMILES string of the molecule is COc1ccc(CCNC(=O)c2cn[nH]c2-c2ccc(Cl)cc2)cc1Br. The molecule has 0 spiro atoms. The van der Waals surface area contributed by atoms with Crippen LogP contribution in [0.3, 0.4) is 0 Å². The minimum atomic E-state index is -0.170. The molecule has 0 radical (unpaired) electrons. The van der Waals surface area contributed by atoms with E-state index in [1.165, 1.54) is 6.20 Å². The fraction of sp³-hybridized carbons (Fsp3) is 0.158. The molecule has 0 aliphatic rings. The number of nitrogens with one attached hydrogen (secondary N) is 2. The Labute approximate surface area is 164 Å². The molecule has 0 bridgehead atoms. The first kappa shape index (κ1) is 18.5. The lowest BCUT2D eigenvalue weighted by molar-refractivity contribution is 0.0955. The lowest BCUT2D eigenvalue weighted by atomic mass is 10.1. The maximum Gasteiger partial charge on any atom is 0.255 e. The number of nitrogens with zero attached hydrogens (tertiary/aromatic N) is 1. The Bertz CT molecular complexity index is 909. The third kappa shape index (κ3) is 4.26. The first-order valence-corrected chi connectivity index (χ1v) is 9.15. The second kappa shape index (κ2) is 8.38. The molecular weight excluding hydrogens is 418 g/mol. The Balaban J connectivity index is 1.63. The van der Waals surface area contributed by atoms with Crippen molar-refractivity contribution in [2.75, 3.05) is 13.7 Å². The fourth-order valence-corrected chi connectivity index (χ4v) is 3.29. The lowest BCUT2D eigenvalue weighted by Crippen LogP contribution is -2.25. The summed E-state index contributed by atoms with van der Waals surface area (Å²) in [5.74, 6) is 0.611. The van der Waals surface area contributed by atoms with E-state index < -0.39 is 0 Å².